The van der Waals surface area contributed by atoms with Crippen molar-refractivity contribution in [3.05, 3.63) is 129 Å². The lowest BCUT2D eigenvalue weighted by Crippen LogP contribution is -2.42. The predicted octanol–water partition coefficient (Wildman–Crippen LogP) is 3.10. The van der Waals surface area contributed by atoms with Crippen LogP contribution in [0, 0.1) is 0 Å². The van der Waals surface area contributed by atoms with Crippen molar-refractivity contribution in [2.45, 2.75) is 49.9 Å². The molecule has 4 atom stereocenters. The summed E-state index contributed by atoms with van der Waals surface area (Å²) in [6.07, 6.45) is -4.29. The Morgan fingerprint density at radius 3 is 1.96 bits per heavy atom. The third-order valence-corrected chi connectivity index (χ3v) is 8.02. The van der Waals surface area contributed by atoms with Gasteiger partial charge in [-0.15, -0.1) is 0 Å². The number of hydrogen-bond donors (Lipinski definition) is 2. The van der Waals surface area contributed by atoms with Gasteiger partial charge in [-0.05, 0) is 47.9 Å². The molecule has 12 heteroatoms. The fourth-order valence-corrected chi connectivity index (χ4v) is 5.63. The number of ether oxygens (including phenoxy) is 5. The number of nitrogens with one attached hydrogen (secondary N) is 1. The van der Waals surface area contributed by atoms with Crippen molar-refractivity contribution in [3.63, 3.8) is 0 Å². The predicted molar refractivity (Wildman–Crippen MR) is 169 cm³/mol. The van der Waals surface area contributed by atoms with E-state index in [2.05, 4.69) is 4.98 Å². The monoisotopic (exact) mass is 644 g/mol. The van der Waals surface area contributed by atoms with Crippen LogP contribution in [0.2, 0.25) is 0 Å². The number of benzene rings is 3. The highest BCUT2D eigenvalue weighted by molar-refractivity contribution is 5.81. The number of esters is 1. The van der Waals surface area contributed by atoms with E-state index in [4.69, 9.17) is 23.7 Å². The number of aliphatic hydroxyl groups excluding tert-OH is 1. The Kier molecular flexibility index (Phi) is 10.3. The van der Waals surface area contributed by atoms with Crippen molar-refractivity contribution in [2.24, 2.45) is 0 Å². The number of H-pyrrole nitrogens is 1. The zero-order chi connectivity index (χ0) is 33.6. The third kappa shape index (κ3) is 7.19. The number of aliphatic hydroxyl groups is 1. The summed E-state index contributed by atoms with van der Waals surface area (Å²) in [6.45, 7) is 1.13. The van der Waals surface area contributed by atoms with Crippen LogP contribution in [0.5, 0.6) is 11.5 Å². The van der Waals surface area contributed by atoms with Crippen LogP contribution < -0.4 is 20.7 Å². The number of carbonyl (C=O) groups is 2. The standard InChI is InChI=1S/C35H36N2O10/c1-22(38)9-18-30(40)47-32-28(46-33(31(32)41)37-20-19-29(39)36-34(37)42)21-45-35(23-7-5-4-6-8-23,24-10-14-26(43-2)15-11-24)25-12-16-27(44-3)17-13-25/h4-8,10-17,19-20,28,31-33,41H,9,18,21H2,1-3H3,(H,36,39,42)/t28-,31-,32-,33-/m1/s1. The summed E-state index contributed by atoms with van der Waals surface area (Å²) in [7, 11) is 3.15. The number of methoxy groups -OCH3 is 2. The Morgan fingerprint density at radius 2 is 1.43 bits per heavy atom. The highest BCUT2D eigenvalue weighted by Gasteiger charge is 2.49. The molecule has 5 rings (SSSR count). The Balaban J connectivity index is 1.58. The molecule has 0 spiro atoms. The zero-order valence-corrected chi connectivity index (χ0v) is 26.2. The maximum Gasteiger partial charge on any atom is 0.330 e. The molecule has 2 N–H and O–H groups in total. The molecular formula is C35H36N2O10. The summed E-state index contributed by atoms with van der Waals surface area (Å²) >= 11 is 0. The number of carbonyl (C=O) groups excluding carboxylic acids is 2. The molecule has 0 aliphatic carbocycles. The van der Waals surface area contributed by atoms with Gasteiger partial charge in [-0.2, -0.15) is 0 Å². The summed E-state index contributed by atoms with van der Waals surface area (Å²) in [5, 5.41) is 11.4. The van der Waals surface area contributed by atoms with Gasteiger partial charge in [0, 0.05) is 18.7 Å². The average Bonchev–Trinajstić information content (AvgIpc) is 3.38. The van der Waals surface area contributed by atoms with Crippen LogP contribution in [0.1, 0.15) is 42.7 Å². The molecule has 1 fully saturated rings. The lowest BCUT2D eigenvalue weighted by molar-refractivity contribution is -0.159. The average molecular weight is 645 g/mol. The van der Waals surface area contributed by atoms with Crippen LogP contribution in [-0.4, -0.2) is 65.5 Å². The van der Waals surface area contributed by atoms with Gasteiger partial charge >= 0.3 is 11.7 Å². The van der Waals surface area contributed by atoms with Crippen LogP contribution in [0.15, 0.2) is 101 Å². The fraction of sp³-hybridized carbons (Fsp3) is 0.314. The van der Waals surface area contributed by atoms with Gasteiger partial charge in [-0.25, -0.2) is 4.79 Å². The second-order valence-electron chi connectivity index (χ2n) is 11.0. The summed E-state index contributed by atoms with van der Waals surface area (Å²) < 4.78 is 30.6. The fourth-order valence-electron chi connectivity index (χ4n) is 5.63. The first kappa shape index (κ1) is 33.3. The number of Topliss-reactive ketones (excluding diaryl/α,β-unsaturated/α-hetero) is 1. The van der Waals surface area contributed by atoms with E-state index < -0.39 is 47.4 Å². The maximum absolute atomic E-state index is 12.8. The van der Waals surface area contributed by atoms with E-state index in [0.29, 0.717) is 11.5 Å². The van der Waals surface area contributed by atoms with Gasteiger partial charge in [-0.1, -0.05) is 54.6 Å². The van der Waals surface area contributed by atoms with Crippen LogP contribution in [0.3, 0.4) is 0 Å². The SMILES string of the molecule is COc1ccc(C(OC[C@H]2O[C@@H](n3ccc(=O)[nH]c3=O)[C@H](O)[C@@H]2OC(=O)CCC(C)=O)(c2ccccc2)c2ccc(OC)cc2)cc1. The number of hydrogen-bond acceptors (Lipinski definition) is 10. The van der Waals surface area contributed by atoms with Crippen molar-refractivity contribution in [1.82, 2.24) is 9.55 Å². The molecule has 4 aromatic rings. The first-order chi connectivity index (χ1) is 22.7. The van der Waals surface area contributed by atoms with E-state index in [1.807, 2.05) is 78.9 Å². The highest BCUT2D eigenvalue weighted by atomic mass is 16.6. The lowest BCUT2D eigenvalue weighted by Gasteiger charge is -2.37. The second-order valence-corrected chi connectivity index (χ2v) is 11.0. The van der Waals surface area contributed by atoms with Crippen molar-refractivity contribution < 1.29 is 38.4 Å². The number of aromatic amines is 1. The molecule has 1 saturated heterocycles. The molecule has 2 heterocycles. The van der Waals surface area contributed by atoms with Crippen molar-refractivity contribution >= 4 is 11.8 Å². The minimum Gasteiger partial charge on any atom is -0.497 e. The normalized spacial score (nSPS) is 19.2. The minimum atomic E-state index is -1.53. The van der Waals surface area contributed by atoms with Crippen molar-refractivity contribution in [2.75, 3.05) is 20.8 Å². The molecule has 246 valence electrons. The van der Waals surface area contributed by atoms with Crippen LogP contribution in [0.25, 0.3) is 0 Å². The van der Waals surface area contributed by atoms with E-state index in [0.717, 1.165) is 27.3 Å². The summed E-state index contributed by atoms with van der Waals surface area (Å²) in [5.74, 6) is 0.347. The number of rotatable bonds is 13. The molecule has 0 radical (unpaired) electrons. The van der Waals surface area contributed by atoms with E-state index in [1.54, 1.807) is 14.2 Å². The van der Waals surface area contributed by atoms with E-state index in [1.165, 1.54) is 13.1 Å². The largest absolute Gasteiger partial charge is 0.497 e. The Labute approximate surface area is 270 Å². The molecule has 0 bridgehead atoms. The molecule has 3 aromatic carbocycles. The summed E-state index contributed by atoms with van der Waals surface area (Å²) in [4.78, 5) is 50.9. The second kappa shape index (κ2) is 14.6. The molecule has 0 unspecified atom stereocenters. The van der Waals surface area contributed by atoms with E-state index in [-0.39, 0.29) is 25.2 Å². The molecular weight excluding hydrogens is 608 g/mol. The van der Waals surface area contributed by atoms with E-state index >= 15 is 0 Å². The van der Waals surface area contributed by atoms with Gasteiger partial charge in [0.05, 0.1) is 27.2 Å². The molecule has 0 amide bonds. The van der Waals surface area contributed by atoms with Crippen molar-refractivity contribution in [1.29, 1.82) is 0 Å². The van der Waals surface area contributed by atoms with Gasteiger partial charge in [0.25, 0.3) is 5.56 Å². The zero-order valence-electron chi connectivity index (χ0n) is 26.2. The Bertz CT molecular complexity index is 1740. The first-order valence-electron chi connectivity index (χ1n) is 15.0. The van der Waals surface area contributed by atoms with Crippen molar-refractivity contribution in [3.8, 4) is 11.5 Å². The minimum absolute atomic E-state index is 0.0431. The molecule has 0 saturated carbocycles. The number of ketones is 1. The Hall–Kier alpha value is -5.04. The first-order valence-corrected chi connectivity index (χ1v) is 15.0. The molecule has 1 aromatic heterocycles. The molecule has 47 heavy (non-hydrogen) atoms. The van der Waals surface area contributed by atoms with Gasteiger partial charge in [0.15, 0.2) is 12.3 Å². The number of nitrogens with zero attached hydrogens (tertiary/aromatic N) is 1. The third-order valence-electron chi connectivity index (χ3n) is 8.02. The van der Waals surface area contributed by atoms with E-state index in [9.17, 15) is 24.3 Å². The topological polar surface area (TPSA) is 155 Å². The number of aromatic nitrogens is 2. The highest BCUT2D eigenvalue weighted by Crippen LogP contribution is 2.43. The van der Waals surface area contributed by atoms with Crippen LogP contribution in [0.4, 0.5) is 0 Å². The quantitative estimate of drug-likeness (QED) is 0.164. The molecule has 1 aliphatic heterocycles. The van der Waals surface area contributed by atoms with Gasteiger partial charge in [0.2, 0.25) is 0 Å². The van der Waals surface area contributed by atoms with Gasteiger partial charge in [0.1, 0.15) is 35.1 Å². The Morgan fingerprint density at radius 1 is 0.851 bits per heavy atom. The maximum atomic E-state index is 12.8. The summed E-state index contributed by atoms with van der Waals surface area (Å²) in [5.41, 5.74) is -0.479. The van der Waals surface area contributed by atoms with Gasteiger partial charge < -0.3 is 33.6 Å². The van der Waals surface area contributed by atoms with Crippen LogP contribution >= 0.6 is 0 Å². The molecule has 12 nitrogen and oxygen atoms in total. The van der Waals surface area contributed by atoms with Gasteiger partial charge in [-0.3, -0.25) is 19.1 Å². The smallest absolute Gasteiger partial charge is 0.330 e. The molecule has 1 aliphatic rings. The lowest BCUT2D eigenvalue weighted by atomic mass is 9.80. The summed E-state index contributed by atoms with van der Waals surface area (Å²) in [6, 6.07) is 25.4. The van der Waals surface area contributed by atoms with Crippen LogP contribution in [-0.2, 0) is 29.4 Å².